The van der Waals surface area contributed by atoms with Gasteiger partial charge in [0.2, 0.25) is 0 Å². The predicted octanol–water partition coefficient (Wildman–Crippen LogP) is 2.24. The van der Waals surface area contributed by atoms with E-state index < -0.39 is 5.82 Å². The van der Waals surface area contributed by atoms with Crippen LogP contribution in [0.1, 0.15) is 16.7 Å². The van der Waals surface area contributed by atoms with Crippen LogP contribution in [0.2, 0.25) is 0 Å². The Morgan fingerprint density at radius 1 is 1.10 bits per heavy atom. The Kier molecular flexibility index (Phi) is 5.33. The van der Waals surface area contributed by atoms with Crippen LogP contribution in [0.4, 0.5) is 4.39 Å². The Morgan fingerprint density at radius 3 is 2.67 bits per heavy atom. The zero-order valence-corrected chi connectivity index (χ0v) is 11.3. The van der Waals surface area contributed by atoms with Crippen molar-refractivity contribution in [3.63, 3.8) is 0 Å². The lowest BCUT2D eigenvalue weighted by Crippen LogP contribution is -1.99. The summed E-state index contributed by atoms with van der Waals surface area (Å²) in [6.07, 6.45) is 0. The van der Waals surface area contributed by atoms with Crippen molar-refractivity contribution in [2.75, 3.05) is 6.61 Å². The Balaban J connectivity index is 2.06. The molecule has 0 saturated carbocycles. The van der Waals surface area contributed by atoms with Crippen molar-refractivity contribution in [1.82, 2.24) is 0 Å². The zero-order chi connectivity index (χ0) is 15.1. The van der Waals surface area contributed by atoms with Crippen LogP contribution >= 0.6 is 0 Å². The van der Waals surface area contributed by atoms with Crippen LogP contribution in [0, 0.1) is 17.7 Å². The molecule has 2 rings (SSSR count). The number of benzene rings is 2. The molecule has 3 nitrogen and oxygen atoms in total. The lowest BCUT2D eigenvalue weighted by molar-refractivity contribution is 0.277. The van der Waals surface area contributed by atoms with Gasteiger partial charge < -0.3 is 14.9 Å². The molecule has 0 radical (unpaired) electrons. The molecule has 108 valence electrons. The Labute approximate surface area is 122 Å². The number of hydrogen-bond donors (Lipinski definition) is 2. The first-order valence-electron chi connectivity index (χ1n) is 6.43. The van der Waals surface area contributed by atoms with Gasteiger partial charge in [-0.3, -0.25) is 0 Å². The van der Waals surface area contributed by atoms with Gasteiger partial charge in [0.15, 0.2) is 0 Å². The van der Waals surface area contributed by atoms with Crippen LogP contribution in [0.15, 0.2) is 42.5 Å². The predicted molar refractivity (Wildman–Crippen MR) is 77.1 cm³/mol. The molecule has 0 fully saturated rings. The molecule has 2 aromatic rings. The van der Waals surface area contributed by atoms with E-state index in [2.05, 4.69) is 11.8 Å². The number of halogens is 1. The molecular formula is C17H15FO3. The third-order valence-electron chi connectivity index (χ3n) is 2.84. The second kappa shape index (κ2) is 7.44. The molecule has 0 heterocycles. The van der Waals surface area contributed by atoms with E-state index in [1.165, 1.54) is 6.07 Å². The Hall–Kier alpha value is -2.35. The molecule has 21 heavy (non-hydrogen) atoms. The minimum absolute atomic E-state index is 0.0657. The van der Waals surface area contributed by atoms with E-state index in [-0.39, 0.29) is 19.8 Å². The fourth-order valence-corrected chi connectivity index (χ4v) is 1.78. The van der Waals surface area contributed by atoms with Crippen molar-refractivity contribution in [3.8, 4) is 17.6 Å². The van der Waals surface area contributed by atoms with Gasteiger partial charge in [0.25, 0.3) is 0 Å². The maximum absolute atomic E-state index is 13.9. The Bertz CT molecular complexity index is 671. The molecule has 2 aromatic carbocycles. The molecule has 0 saturated heterocycles. The monoisotopic (exact) mass is 286 g/mol. The van der Waals surface area contributed by atoms with Gasteiger partial charge in [-0.1, -0.05) is 30.0 Å². The second-order valence-corrected chi connectivity index (χ2v) is 4.36. The lowest BCUT2D eigenvalue weighted by atomic mass is 10.1. The van der Waals surface area contributed by atoms with E-state index >= 15 is 0 Å². The molecule has 4 heteroatoms. The first-order chi connectivity index (χ1) is 10.2. The van der Waals surface area contributed by atoms with Crippen molar-refractivity contribution in [2.24, 2.45) is 0 Å². The summed E-state index contributed by atoms with van der Waals surface area (Å²) in [6, 6.07) is 11.6. The highest BCUT2D eigenvalue weighted by atomic mass is 19.1. The average molecular weight is 286 g/mol. The molecule has 0 atom stereocenters. The van der Waals surface area contributed by atoms with Gasteiger partial charge in [-0.15, -0.1) is 0 Å². The quantitative estimate of drug-likeness (QED) is 0.848. The smallest absolute Gasteiger partial charge is 0.131 e. The minimum atomic E-state index is -0.405. The average Bonchev–Trinajstić information content (AvgIpc) is 2.52. The van der Waals surface area contributed by atoms with Crippen molar-refractivity contribution < 1.29 is 19.3 Å². The summed E-state index contributed by atoms with van der Waals surface area (Å²) in [4.78, 5) is 0. The van der Waals surface area contributed by atoms with Crippen LogP contribution in [0.3, 0.4) is 0 Å². The lowest BCUT2D eigenvalue weighted by Gasteiger charge is -2.08. The van der Waals surface area contributed by atoms with E-state index in [1.807, 2.05) is 0 Å². The van der Waals surface area contributed by atoms with Crippen molar-refractivity contribution in [2.45, 2.75) is 13.2 Å². The van der Waals surface area contributed by atoms with Crippen molar-refractivity contribution >= 4 is 0 Å². The van der Waals surface area contributed by atoms with E-state index in [9.17, 15) is 4.39 Å². The third kappa shape index (κ3) is 4.32. The van der Waals surface area contributed by atoms with E-state index in [0.29, 0.717) is 16.9 Å². The van der Waals surface area contributed by atoms with Gasteiger partial charge in [-0.2, -0.15) is 0 Å². The molecule has 0 spiro atoms. The minimum Gasteiger partial charge on any atom is -0.489 e. The molecule has 0 bridgehead atoms. The highest BCUT2D eigenvalue weighted by molar-refractivity contribution is 5.37. The van der Waals surface area contributed by atoms with Gasteiger partial charge in [0.1, 0.15) is 24.8 Å². The summed E-state index contributed by atoms with van der Waals surface area (Å²) in [7, 11) is 0. The van der Waals surface area contributed by atoms with E-state index in [0.717, 1.165) is 5.56 Å². The van der Waals surface area contributed by atoms with Crippen molar-refractivity contribution in [3.05, 3.63) is 65.0 Å². The largest absolute Gasteiger partial charge is 0.489 e. The maximum Gasteiger partial charge on any atom is 0.131 e. The topological polar surface area (TPSA) is 49.7 Å². The van der Waals surface area contributed by atoms with Crippen LogP contribution < -0.4 is 4.74 Å². The summed E-state index contributed by atoms with van der Waals surface area (Å²) in [5, 5.41) is 17.6. The molecule has 0 aromatic heterocycles. The molecule has 2 N–H and O–H groups in total. The second-order valence-electron chi connectivity index (χ2n) is 4.36. The zero-order valence-electron chi connectivity index (χ0n) is 11.3. The summed E-state index contributed by atoms with van der Waals surface area (Å²) in [5.41, 5.74) is 1.66. The highest BCUT2D eigenvalue weighted by Gasteiger charge is 2.04. The number of rotatable bonds is 4. The van der Waals surface area contributed by atoms with Crippen LogP contribution in [-0.4, -0.2) is 16.8 Å². The summed E-state index contributed by atoms with van der Waals surface area (Å²) in [6.45, 7) is -0.230. The standard InChI is InChI=1S/C17H15FO3/c18-17-10-13(4-2-8-19)6-7-15(17)12-21-16-5-1-3-14(9-16)11-20/h1,3,5-7,9-10,19-20H,8,11-12H2. The number of aliphatic hydroxyl groups excluding tert-OH is 2. The van der Waals surface area contributed by atoms with Gasteiger partial charge in [0, 0.05) is 11.1 Å². The van der Waals surface area contributed by atoms with E-state index in [1.54, 1.807) is 36.4 Å². The van der Waals surface area contributed by atoms with Gasteiger partial charge >= 0.3 is 0 Å². The number of hydrogen-bond acceptors (Lipinski definition) is 3. The van der Waals surface area contributed by atoms with E-state index in [4.69, 9.17) is 14.9 Å². The third-order valence-corrected chi connectivity index (χ3v) is 2.84. The molecule has 0 aliphatic heterocycles. The van der Waals surface area contributed by atoms with Crippen LogP contribution in [-0.2, 0) is 13.2 Å². The molecule has 0 unspecified atom stereocenters. The first-order valence-corrected chi connectivity index (χ1v) is 6.43. The Morgan fingerprint density at radius 2 is 1.95 bits per heavy atom. The van der Waals surface area contributed by atoms with Crippen LogP contribution in [0.25, 0.3) is 0 Å². The summed E-state index contributed by atoms with van der Waals surface area (Å²) in [5.74, 6) is 5.28. The fraction of sp³-hybridized carbons (Fsp3) is 0.176. The summed E-state index contributed by atoms with van der Waals surface area (Å²) >= 11 is 0. The van der Waals surface area contributed by atoms with Gasteiger partial charge in [0.05, 0.1) is 6.61 Å². The molecule has 0 aliphatic carbocycles. The first kappa shape index (κ1) is 15.0. The fourth-order valence-electron chi connectivity index (χ4n) is 1.78. The summed E-state index contributed by atoms with van der Waals surface area (Å²) < 4.78 is 19.4. The number of ether oxygens (including phenoxy) is 1. The number of aliphatic hydroxyl groups is 2. The SMILES string of the molecule is OCC#Cc1ccc(COc2cccc(CO)c2)c(F)c1. The van der Waals surface area contributed by atoms with Gasteiger partial charge in [-0.25, -0.2) is 4.39 Å². The molecule has 0 aliphatic rings. The van der Waals surface area contributed by atoms with Crippen molar-refractivity contribution in [1.29, 1.82) is 0 Å². The van der Waals surface area contributed by atoms with Crippen LogP contribution in [0.5, 0.6) is 5.75 Å². The highest BCUT2D eigenvalue weighted by Crippen LogP contribution is 2.17. The molecule has 0 amide bonds. The normalized spacial score (nSPS) is 9.86. The molecular weight excluding hydrogens is 271 g/mol. The van der Waals surface area contributed by atoms with Gasteiger partial charge in [-0.05, 0) is 29.8 Å². The maximum atomic E-state index is 13.9.